The first-order valence-corrected chi connectivity index (χ1v) is 5.88. The van der Waals surface area contributed by atoms with Gasteiger partial charge in [-0.1, -0.05) is 17.6 Å². The van der Waals surface area contributed by atoms with E-state index in [9.17, 15) is 4.79 Å². The molecule has 2 rings (SSSR count). The predicted octanol–water partition coefficient (Wildman–Crippen LogP) is 0.174. The van der Waals surface area contributed by atoms with Crippen molar-refractivity contribution in [2.24, 2.45) is 0 Å². The van der Waals surface area contributed by atoms with Gasteiger partial charge in [0.15, 0.2) is 0 Å². The number of hydrogen-bond acceptors (Lipinski definition) is 5. The van der Waals surface area contributed by atoms with Gasteiger partial charge in [-0.3, -0.25) is 4.79 Å². The fourth-order valence-corrected chi connectivity index (χ4v) is 1.66. The summed E-state index contributed by atoms with van der Waals surface area (Å²) in [6.45, 7) is -0.441. The highest BCUT2D eigenvalue weighted by Gasteiger charge is 2.18. The zero-order valence-electron chi connectivity index (χ0n) is 10.5. The van der Waals surface area contributed by atoms with Crippen LogP contribution in [0.2, 0.25) is 0 Å². The van der Waals surface area contributed by atoms with Gasteiger partial charge in [-0.25, -0.2) is 9.97 Å². The average molecular weight is 269 g/mol. The highest BCUT2D eigenvalue weighted by Crippen LogP contribution is 2.19. The maximum absolute atomic E-state index is 10.9. The molecule has 0 spiro atoms. The number of carbonyl (C=O) groups is 1. The standard InChI is InChI=1S/C13H12BN3O3/c14-9-5-15-13(16-6-9)17-10-3-1-8(2-4-10)11(7-18)12(19)20/h1-6,11,18H,7H2,(H,19,20)(H,15,16,17). The SMILES string of the molecule is [B]c1cnc(Nc2ccc(C(CO)C(=O)O)cc2)nc1. The first-order valence-electron chi connectivity index (χ1n) is 5.88. The molecule has 2 aromatic rings. The Bertz CT molecular complexity index is 587. The molecule has 0 saturated carbocycles. The monoisotopic (exact) mass is 269 g/mol. The molecule has 0 fully saturated rings. The van der Waals surface area contributed by atoms with Crippen molar-refractivity contribution in [3.8, 4) is 0 Å². The van der Waals surface area contributed by atoms with Gasteiger partial charge in [0.2, 0.25) is 5.95 Å². The van der Waals surface area contributed by atoms with Crippen molar-refractivity contribution in [3.63, 3.8) is 0 Å². The number of benzene rings is 1. The number of aliphatic carboxylic acids is 1. The van der Waals surface area contributed by atoms with Crippen molar-refractivity contribution in [3.05, 3.63) is 42.2 Å². The number of nitrogens with zero attached hydrogens (tertiary/aromatic N) is 2. The zero-order valence-corrected chi connectivity index (χ0v) is 10.5. The topological polar surface area (TPSA) is 95.3 Å². The van der Waals surface area contributed by atoms with Crippen LogP contribution in [-0.4, -0.2) is 40.6 Å². The molecule has 7 heteroatoms. The Morgan fingerprint density at radius 3 is 2.35 bits per heavy atom. The van der Waals surface area contributed by atoms with Crippen molar-refractivity contribution in [2.45, 2.75) is 5.92 Å². The Kier molecular flexibility index (Phi) is 4.32. The minimum Gasteiger partial charge on any atom is -0.481 e. The van der Waals surface area contributed by atoms with Crippen LogP contribution in [0.25, 0.3) is 0 Å². The Hall–Kier alpha value is -2.41. The number of anilines is 2. The third kappa shape index (κ3) is 3.33. The third-order valence-electron chi connectivity index (χ3n) is 2.72. The summed E-state index contributed by atoms with van der Waals surface area (Å²) in [5.74, 6) is -1.59. The highest BCUT2D eigenvalue weighted by atomic mass is 16.4. The number of aromatic nitrogens is 2. The van der Waals surface area contributed by atoms with E-state index in [1.54, 1.807) is 24.3 Å². The van der Waals surface area contributed by atoms with Crippen molar-refractivity contribution >= 4 is 30.9 Å². The van der Waals surface area contributed by atoms with Crippen LogP contribution < -0.4 is 10.8 Å². The summed E-state index contributed by atoms with van der Waals surface area (Å²) in [4.78, 5) is 18.9. The van der Waals surface area contributed by atoms with Crippen LogP contribution in [-0.2, 0) is 4.79 Å². The second kappa shape index (κ2) is 6.16. The molecule has 1 atom stereocenters. The number of aliphatic hydroxyl groups is 1. The second-order valence-electron chi connectivity index (χ2n) is 4.16. The Morgan fingerprint density at radius 1 is 1.25 bits per heavy atom. The minimum atomic E-state index is -1.06. The van der Waals surface area contributed by atoms with Crippen LogP contribution in [0.5, 0.6) is 0 Å². The Balaban J connectivity index is 2.12. The van der Waals surface area contributed by atoms with E-state index in [1.165, 1.54) is 12.4 Å². The molecule has 0 amide bonds. The Morgan fingerprint density at radius 2 is 1.85 bits per heavy atom. The van der Waals surface area contributed by atoms with Crippen LogP contribution in [0.1, 0.15) is 11.5 Å². The summed E-state index contributed by atoms with van der Waals surface area (Å²) in [7, 11) is 5.48. The van der Waals surface area contributed by atoms with Gasteiger partial charge in [-0.05, 0) is 17.7 Å². The molecule has 20 heavy (non-hydrogen) atoms. The maximum Gasteiger partial charge on any atom is 0.313 e. The molecule has 1 unspecified atom stereocenters. The lowest BCUT2D eigenvalue weighted by Gasteiger charge is -2.10. The quantitative estimate of drug-likeness (QED) is 0.670. The summed E-state index contributed by atoms with van der Waals surface area (Å²) < 4.78 is 0. The van der Waals surface area contributed by atoms with Gasteiger partial charge in [0.1, 0.15) is 13.8 Å². The van der Waals surface area contributed by atoms with E-state index in [-0.39, 0.29) is 0 Å². The van der Waals surface area contributed by atoms with E-state index in [0.29, 0.717) is 22.7 Å². The molecule has 6 nitrogen and oxygen atoms in total. The van der Waals surface area contributed by atoms with Gasteiger partial charge >= 0.3 is 5.97 Å². The number of nitrogens with one attached hydrogen (secondary N) is 1. The molecule has 0 saturated heterocycles. The lowest BCUT2D eigenvalue weighted by atomic mass is 10.00. The number of aliphatic hydroxyl groups excluding tert-OH is 1. The summed E-state index contributed by atoms with van der Waals surface area (Å²) in [6.07, 6.45) is 2.96. The van der Waals surface area contributed by atoms with Crippen molar-refractivity contribution in [1.82, 2.24) is 9.97 Å². The smallest absolute Gasteiger partial charge is 0.313 e. The number of rotatable bonds is 5. The van der Waals surface area contributed by atoms with Crippen LogP contribution in [0.15, 0.2) is 36.7 Å². The van der Waals surface area contributed by atoms with Gasteiger partial charge in [0.25, 0.3) is 0 Å². The normalized spacial score (nSPS) is 11.8. The minimum absolute atomic E-state index is 0.392. The number of carboxylic acids is 1. The second-order valence-corrected chi connectivity index (χ2v) is 4.16. The van der Waals surface area contributed by atoms with E-state index in [4.69, 9.17) is 18.1 Å². The summed E-state index contributed by atoms with van der Waals surface area (Å²) in [5.41, 5.74) is 1.71. The molecular formula is C13H12BN3O3. The average Bonchev–Trinajstić information content (AvgIpc) is 2.44. The lowest BCUT2D eigenvalue weighted by molar-refractivity contribution is -0.139. The first kappa shape index (κ1) is 14.0. The van der Waals surface area contributed by atoms with Crippen LogP contribution in [0.3, 0.4) is 0 Å². The third-order valence-corrected chi connectivity index (χ3v) is 2.72. The van der Waals surface area contributed by atoms with Gasteiger partial charge in [0.05, 0.1) is 6.61 Å². The Labute approximate surface area is 116 Å². The molecule has 1 heterocycles. The van der Waals surface area contributed by atoms with Gasteiger partial charge in [0, 0.05) is 18.1 Å². The van der Waals surface area contributed by atoms with Crippen molar-refractivity contribution < 1.29 is 15.0 Å². The van der Waals surface area contributed by atoms with E-state index in [0.717, 1.165) is 0 Å². The van der Waals surface area contributed by atoms with E-state index in [1.807, 2.05) is 0 Å². The van der Waals surface area contributed by atoms with Crippen molar-refractivity contribution in [1.29, 1.82) is 0 Å². The number of carboxylic acid groups (broad SMARTS) is 1. The molecule has 0 aliphatic rings. The first-order chi connectivity index (χ1) is 9.60. The van der Waals surface area contributed by atoms with Crippen LogP contribution >= 0.6 is 0 Å². The van der Waals surface area contributed by atoms with E-state index >= 15 is 0 Å². The number of hydrogen-bond donors (Lipinski definition) is 3. The maximum atomic E-state index is 10.9. The van der Waals surface area contributed by atoms with Gasteiger partial charge in [-0.2, -0.15) is 0 Å². The molecule has 1 aromatic heterocycles. The molecule has 1 aromatic carbocycles. The van der Waals surface area contributed by atoms with Gasteiger partial charge in [-0.15, -0.1) is 0 Å². The summed E-state index contributed by atoms with van der Waals surface area (Å²) in [6, 6.07) is 6.66. The molecule has 3 N–H and O–H groups in total. The molecule has 0 bridgehead atoms. The van der Waals surface area contributed by atoms with Gasteiger partial charge < -0.3 is 15.5 Å². The fraction of sp³-hybridized carbons (Fsp3) is 0.154. The van der Waals surface area contributed by atoms with Crippen molar-refractivity contribution in [2.75, 3.05) is 11.9 Å². The predicted molar refractivity (Wildman–Crippen MR) is 74.6 cm³/mol. The summed E-state index contributed by atoms with van der Waals surface area (Å²) in [5, 5.41) is 21.0. The summed E-state index contributed by atoms with van der Waals surface area (Å²) >= 11 is 0. The van der Waals surface area contributed by atoms with Crippen LogP contribution in [0, 0.1) is 0 Å². The fourth-order valence-electron chi connectivity index (χ4n) is 1.66. The largest absolute Gasteiger partial charge is 0.481 e. The molecule has 0 aliphatic carbocycles. The van der Waals surface area contributed by atoms with Crippen LogP contribution in [0.4, 0.5) is 11.6 Å². The highest BCUT2D eigenvalue weighted by molar-refractivity contribution is 6.31. The zero-order chi connectivity index (χ0) is 14.5. The molecule has 2 radical (unpaired) electrons. The lowest BCUT2D eigenvalue weighted by Crippen LogP contribution is -2.15. The molecule has 0 aliphatic heterocycles. The molecular weight excluding hydrogens is 257 g/mol. The van der Waals surface area contributed by atoms with E-state index < -0.39 is 18.5 Å². The molecule has 100 valence electrons. The van der Waals surface area contributed by atoms with E-state index in [2.05, 4.69) is 15.3 Å².